The third kappa shape index (κ3) is 3.50. The molecular formula is C14H14ClN3O. The van der Waals surface area contributed by atoms with Gasteiger partial charge in [-0.25, -0.2) is 0 Å². The molecule has 0 atom stereocenters. The molecule has 0 saturated carbocycles. The lowest BCUT2D eigenvalue weighted by Gasteiger charge is -2.07. The Hall–Kier alpha value is -1.96. The SMILES string of the molecule is COc1ccc(Cn2cc(Cl)cn2)cc1C#CCN. The van der Waals surface area contributed by atoms with Crippen molar-refractivity contribution in [2.75, 3.05) is 13.7 Å². The van der Waals surface area contributed by atoms with Crippen molar-refractivity contribution < 1.29 is 4.74 Å². The van der Waals surface area contributed by atoms with Crippen molar-refractivity contribution in [1.29, 1.82) is 0 Å². The van der Waals surface area contributed by atoms with Gasteiger partial charge in [-0.15, -0.1) is 0 Å². The molecule has 5 heteroatoms. The van der Waals surface area contributed by atoms with Crippen LogP contribution < -0.4 is 10.5 Å². The average Bonchev–Trinajstić information content (AvgIpc) is 2.82. The number of ether oxygens (including phenoxy) is 1. The van der Waals surface area contributed by atoms with Crippen LogP contribution in [0.3, 0.4) is 0 Å². The molecule has 19 heavy (non-hydrogen) atoms. The van der Waals surface area contributed by atoms with Gasteiger partial charge in [0.15, 0.2) is 0 Å². The summed E-state index contributed by atoms with van der Waals surface area (Å²) in [5, 5.41) is 4.76. The molecular weight excluding hydrogens is 262 g/mol. The number of hydrogen-bond donors (Lipinski definition) is 1. The van der Waals surface area contributed by atoms with Crippen LogP contribution in [0.4, 0.5) is 0 Å². The van der Waals surface area contributed by atoms with Gasteiger partial charge in [-0.3, -0.25) is 4.68 Å². The summed E-state index contributed by atoms with van der Waals surface area (Å²) in [4.78, 5) is 0. The number of aromatic nitrogens is 2. The Bertz CT molecular complexity index is 625. The van der Waals surface area contributed by atoms with Crippen molar-refractivity contribution >= 4 is 11.6 Å². The summed E-state index contributed by atoms with van der Waals surface area (Å²) in [6.45, 7) is 0.955. The Balaban J connectivity index is 2.27. The van der Waals surface area contributed by atoms with E-state index in [4.69, 9.17) is 22.1 Å². The first-order valence-electron chi connectivity index (χ1n) is 5.76. The minimum atomic E-state index is 0.322. The van der Waals surface area contributed by atoms with Crippen LogP contribution in [0.25, 0.3) is 0 Å². The van der Waals surface area contributed by atoms with E-state index in [1.807, 2.05) is 18.2 Å². The molecule has 0 unspecified atom stereocenters. The summed E-state index contributed by atoms with van der Waals surface area (Å²) in [6.07, 6.45) is 3.39. The normalized spacial score (nSPS) is 9.84. The first kappa shape index (κ1) is 13.5. The summed E-state index contributed by atoms with van der Waals surface area (Å²) in [5.41, 5.74) is 7.28. The van der Waals surface area contributed by atoms with Gasteiger partial charge in [0.05, 0.1) is 37.0 Å². The van der Waals surface area contributed by atoms with Crippen LogP contribution in [-0.4, -0.2) is 23.4 Å². The highest BCUT2D eigenvalue weighted by Gasteiger charge is 2.03. The van der Waals surface area contributed by atoms with Gasteiger partial charge in [0.2, 0.25) is 0 Å². The van der Waals surface area contributed by atoms with Crippen LogP contribution in [-0.2, 0) is 6.54 Å². The smallest absolute Gasteiger partial charge is 0.134 e. The number of halogens is 1. The summed E-state index contributed by atoms with van der Waals surface area (Å²) < 4.78 is 7.03. The van der Waals surface area contributed by atoms with Gasteiger partial charge in [-0.1, -0.05) is 29.5 Å². The Morgan fingerprint density at radius 2 is 2.32 bits per heavy atom. The Kier molecular flexibility index (Phi) is 4.45. The van der Waals surface area contributed by atoms with Gasteiger partial charge in [0, 0.05) is 6.20 Å². The largest absolute Gasteiger partial charge is 0.495 e. The number of nitrogens with two attached hydrogens (primary N) is 1. The second-order valence-electron chi connectivity index (χ2n) is 3.90. The van der Waals surface area contributed by atoms with Gasteiger partial charge in [0.1, 0.15) is 5.75 Å². The first-order valence-corrected chi connectivity index (χ1v) is 6.14. The number of rotatable bonds is 3. The van der Waals surface area contributed by atoms with Crippen molar-refractivity contribution in [3.05, 3.63) is 46.7 Å². The van der Waals surface area contributed by atoms with Crippen molar-refractivity contribution in [1.82, 2.24) is 9.78 Å². The highest BCUT2D eigenvalue weighted by atomic mass is 35.5. The molecule has 1 aromatic carbocycles. The summed E-state index contributed by atoms with van der Waals surface area (Å²) in [7, 11) is 1.62. The standard InChI is InChI=1S/C14H14ClN3O/c1-19-14-5-4-11(7-12(14)3-2-6-16)9-18-10-13(15)8-17-18/h4-5,7-8,10H,6,9,16H2,1H3. The van der Waals surface area contributed by atoms with Crippen LogP contribution in [0, 0.1) is 11.8 Å². The number of benzene rings is 1. The molecule has 1 heterocycles. The zero-order chi connectivity index (χ0) is 13.7. The van der Waals surface area contributed by atoms with E-state index in [1.54, 1.807) is 24.2 Å². The predicted molar refractivity (Wildman–Crippen MR) is 75.3 cm³/mol. The summed E-state index contributed by atoms with van der Waals surface area (Å²) >= 11 is 5.83. The van der Waals surface area contributed by atoms with E-state index in [-0.39, 0.29) is 0 Å². The topological polar surface area (TPSA) is 53.1 Å². The highest BCUT2D eigenvalue weighted by Crippen LogP contribution is 2.19. The lowest BCUT2D eigenvalue weighted by molar-refractivity contribution is 0.413. The maximum atomic E-state index is 5.83. The lowest BCUT2D eigenvalue weighted by Crippen LogP contribution is -2.01. The van der Waals surface area contributed by atoms with Crippen molar-refractivity contribution in [3.8, 4) is 17.6 Å². The Labute approximate surface area is 117 Å². The van der Waals surface area contributed by atoms with E-state index in [1.165, 1.54) is 0 Å². The Morgan fingerprint density at radius 3 is 2.95 bits per heavy atom. The second-order valence-corrected chi connectivity index (χ2v) is 4.33. The summed E-state index contributed by atoms with van der Waals surface area (Å²) in [6, 6.07) is 5.83. The zero-order valence-electron chi connectivity index (χ0n) is 10.6. The molecule has 0 spiro atoms. The third-order valence-electron chi connectivity index (χ3n) is 2.54. The summed E-state index contributed by atoms with van der Waals surface area (Å²) in [5.74, 6) is 6.57. The molecule has 4 nitrogen and oxygen atoms in total. The van der Waals surface area contributed by atoms with Crippen LogP contribution in [0.1, 0.15) is 11.1 Å². The van der Waals surface area contributed by atoms with E-state index >= 15 is 0 Å². The molecule has 0 bridgehead atoms. The molecule has 0 aliphatic carbocycles. The van der Waals surface area contributed by atoms with E-state index in [9.17, 15) is 0 Å². The molecule has 1 aromatic heterocycles. The van der Waals surface area contributed by atoms with Crippen molar-refractivity contribution in [2.45, 2.75) is 6.54 Å². The zero-order valence-corrected chi connectivity index (χ0v) is 11.3. The average molecular weight is 276 g/mol. The van der Waals surface area contributed by atoms with Crippen molar-refractivity contribution in [3.63, 3.8) is 0 Å². The second kappa shape index (κ2) is 6.28. The van der Waals surface area contributed by atoms with Crippen LogP contribution >= 0.6 is 11.6 Å². The van der Waals surface area contributed by atoms with Gasteiger partial charge in [0.25, 0.3) is 0 Å². The Morgan fingerprint density at radius 1 is 1.47 bits per heavy atom. The molecule has 0 aliphatic rings. The fourth-order valence-electron chi connectivity index (χ4n) is 1.71. The third-order valence-corrected chi connectivity index (χ3v) is 2.73. The fourth-order valence-corrected chi connectivity index (χ4v) is 1.87. The van der Waals surface area contributed by atoms with Gasteiger partial charge < -0.3 is 10.5 Å². The van der Waals surface area contributed by atoms with Gasteiger partial charge >= 0.3 is 0 Å². The molecule has 0 fully saturated rings. The fraction of sp³-hybridized carbons (Fsp3) is 0.214. The molecule has 0 amide bonds. The van der Waals surface area contributed by atoms with E-state index in [0.717, 1.165) is 16.9 Å². The lowest BCUT2D eigenvalue weighted by atomic mass is 10.1. The van der Waals surface area contributed by atoms with Crippen LogP contribution in [0.5, 0.6) is 5.75 Å². The molecule has 2 aromatic rings. The quantitative estimate of drug-likeness (QED) is 0.871. The number of methoxy groups -OCH3 is 1. The van der Waals surface area contributed by atoms with E-state index in [2.05, 4.69) is 16.9 Å². The van der Waals surface area contributed by atoms with Crippen molar-refractivity contribution in [2.24, 2.45) is 5.73 Å². The first-order chi connectivity index (χ1) is 9.22. The highest BCUT2D eigenvalue weighted by molar-refractivity contribution is 6.30. The molecule has 2 rings (SSSR count). The number of hydrogen-bond acceptors (Lipinski definition) is 3. The molecule has 0 saturated heterocycles. The van der Waals surface area contributed by atoms with Crippen LogP contribution in [0.2, 0.25) is 5.02 Å². The molecule has 2 N–H and O–H groups in total. The maximum Gasteiger partial charge on any atom is 0.134 e. The van der Waals surface area contributed by atoms with Gasteiger partial charge in [-0.05, 0) is 17.7 Å². The monoisotopic (exact) mass is 275 g/mol. The maximum absolute atomic E-state index is 5.83. The minimum absolute atomic E-state index is 0.322. The molecule has 0 aliphatic heterocycles. The molecule has 0 radical (unpaired) electrons. The van der Waals surface area contributed by atoms with Crippen LogP contribution in [0.15, 0.2) is 30.6 Å². The van der Waals surface area contributed by atoms with Gasteiger partial charge in [-0.2, -0.15) is 5.10 Å². The van der Waals surface area contributed by atoms with E-state index < -0.39 is 0 Å². The minimum Gasteiger partial charge on any atom is -0.495 e. The molecule has 98 valence electrons. The van der Waals surface area contributed by atoms with E-state index in [0.29, 0.717) is 18.1 Å². The number of nitrogens with zero attached hydrogens (tertiary/aromatic N) is 2. The predicted octanol–water partition coefficient (Wildman–Crippen LogP) is 1.90.